The van der Waals surface area contributed by atoms with E-state index in [9.17, 15) is 14.7 Å². The van der Waals surface area contributed by atoms with Crippen LogP contribution in [-0.4, -0.2) is 72.0 Å². The first kappa shape index (κ1) is 29.1. The molecule has 9 nitrogen and oxygen atoms in total. The van der Waals surface area contributed by atoms with Crippen molar-refractivity contribution in [3.63, 3.8) is 0 Å². The average molecular weight is 597 g/mol. The Morgan fingerprint density at radius 2 is 1.93 bits per heavy atom. The summed E-state index contributed by atoms with van der Waals surface area (Å²) in [6.45, 7) is 8.10. The fraction of sp³-hybridized carbons (Fsp3) is 0.594. The molecular formula is C32H41ClN4O5. The van der Waals surface area contributed by atoms with Crippen LogP contribution in [0.5, 0.6) is 5.75 Å². The molecule has 42 heavy (non-hydrogen) atoms. The number of carbonyl (C=O) groups excluding carboxylic acids is 2. The maximum absolute atomic E-state index is 13.4. The molecule has 4 aliphatic carbocycles. The van der Waals surface area contributed by atoms with Crippen LogP contribution in [0.15, 0.2) is 36.4 Å². The minimum absolute atomic E-state index is 0.123. The molecular weight excluding hydrogens is 556 g/mol. The van der Waals surface area contributed by atoms with Gasteiger partial charge in [-0.15, -0.1) is 0 Å². The number of rotatable bonds is 8. The maximum atomic E-state index is 13.4. The minimum Gasteiger partial charge on any atom is -0.477 e. The molecule has 1 aliphatic heterocycles. The molecule has 0 spiro atoms. The monoisotopic (exact) mass is 596 g/mol. The molecule has 4 saturated carbocycles. The summed E-state index contributed by atoms with van der Waals surface area (Å²) in [5.74, 6) is 2.00. The van der Waals surface area contributed by atoms with Crippen molar-refractivity contribution in [2.45, 2.75) is 76.7 Å². The van der Waals surface area contributed by atoms with Crippen molar-refractivity contribution in [1.82, 2.24) is 10.3 Å². The Bertz CT molecular complexity index is 1320. The molecule has 1 amide bonds. The summed E-state index contributed by atoms with van der Waals surface area (Å²) < 4.78 is 10.7. The minimum atomic E-state index is -0.747. The van der Waals surface area contributed by atoms with Crippen LogP contribution >= 0.6 is 11.6 Å². The van der Waals surface area contributed by atoms with Gasteiger partial charge in [-0.1, -0.05) is 17.7 Å². The van der Waals surface area contributed by atoms with Crippen molar-refractivity contribution in [1.29, 1.82) is 0 Å². The molecule has 7 rings (SSSR count). The molecule has 5 aliphatic rings. The zero-order valence-electron chi connectivity index (χ0n) is 24.6. The van der Waals surface area contributed by atoms with Crippen molar-refractivity contribution in [3.05, 3.63) is 47.1 Å². The van der Waals surface area contributed by atoms with Crippen LogP contribution in [0.1, 0.15) is 63.4 Å². The molecule has 5 fully saturated rings. The van der Waals surface area contributed by atoms with Gasteiger partial charge in [-0.3, -0.25) is 4.79 Å². The molecule has 4 atom stereocenters. The van der Waals surface area contributed by atoms with Gasteiger partial charge in [0.05, 0.1) is 17.2 Å². The highest BCUT2D eigenvalue weighted by atomic mass is 35.5. The lowest BCUT2D eigenvalue weighted by Crippen LogP contribution is -2.61. The van der Waals surface area contributed by atoms with E-state index in [0.29, 0.717) is 40.8 Å². The van der Waals surface area contributed by atoms with E-state index in [4.69, 9.17) is 26.1 Å². The number of aliphatic hydroxyl groups is 1. The third-order valence-electron chi connectivity index (χ3n) is 9.63. The van der Waals surface area contributed by atoms with Crippen molar-refractivity contribution in [2.75, 3.05) is 36.0 Å². The molecule has 10 heteroatoms. The molecule has 1 aromatic heterocycles. The van der Waals surface area contributed by atoms with E-state index in [0.717, 1.165) is 63.2 Å². The number of nitrogens with one attached hydrogen (secondary N) is 1. The van der Waals surface area contributed by atoms with Gasteiger partial charge < -0.3 is 29.7 Å². The van der Waals surface area contributed by atoms with Crippen molar-refractivity contribution in [3.8, 4) is 5.75 Å². The predicted molar refractivity (Wildman–Crippen MR) is 161 cm³/mol. The number of aromatic nitrogens is 1. The van der Waals surface area contributed by atoms with Gasteiger partial charge in [0.1, 0.15) is 17.3 Å². The molecule has 1 aromatic carbocycles. The number of amides is 1. The van der Waals surface area contributed by atoms with Gasteiger partial charge >= 0.3 is 5.97 Å². The van der Waals surface area contributed by atoms with Crippen LogP contribution < -0.4 is 19.9 Å². The Morgan fingerprint density at radius 3 is 2.60 bits per heavy atom. The Hall–Kier alpha value is -3.04. The first-order chi connectivity index (χ1) is 20.1. The van der Waals surface area contributed by atoms with Gasteiger partial charge in [-0.05, 0) is 101 Å². The van der Waals surface area contributed by atoms with E-state index in [1.807, 2.05) is 24.3 Å². The Labute approximate surface area is 252 Å². The molecule has 4 bridgehead atoms. The molecule has 2 heterocycles. The van der Waals surface area contributed by atoms with E-state index in [2.05, 4.69) is 22.0 Å². The van der Waals surface area contributed by atoms with Gasteiger partial charge in [-0.25, -0.2) is 9.78 Å². The fourth-order valence-electron chi connectivity index (χ4n) is 7.96. The number of carbonyl (C=O) groups is 2. The van der Waals surface area contributed by atoms with E-state index < -0.39 is 17.7 Å². The molecule has 1 unspecified atom stereocenters. The number of benzene rings is 1. The molecule has 1 saturated heterocycles. The third kappa shape index (κ3) is 5.78. The second-order valence-corrected chi connectivity index (χ2v) is 13.1. The lowest BCUT2D eigenvalue weighted by Gasteiger charge is -2.58. The second-order valence-electron chi connectivity index (χ2n) is 12.7. The van der Waals surface area contributed by atoms with Gasteiger partial charge in [0, 0.05) is 37.4 Å². The summed E-state index contributed by atoms with van der Waals surface area (Å²) in [6.07, 6.45) is 3.99. The summed E-state index contributed by atoms with van der Waals surface area (Å²) in [5, 5.41) is 14.6. The summed E-state index contributed by atoms with van der Waals surface area (Å²) in [6, 6.07) is 11.5. The molecule has 226 valence electrons. The zero-order chi connectivity index (χ0) is 29.6. The number of nitrogens with zero attached hydrogens (tertiary/aromatic N) is 3. The lowest BCUT2D eigenvalue weighted by atomic mass is 9.52. The number of ether oxygens (including phenoxy) is 2. The number of hydrogen-bond acceptors (Lipinski definition) is 8. The van der Waals surface area contributed by atoms with Crippen LogP contribution in [0, 0.1) is 17.8 Å². The van der Waals surface area contributed by atoms with Crippen LogP contribution in [0.2, 0.25) is 5.02 Å². The number of hydrogen-bond donors (Lipinski definition) is 2. The van der Waals surface area contributed by atoms with Gasteiger partial charge in [0.15, 0.2) is 6.10 Å². The van der Waals surface area contributed by atoms with Crippen molar-refractivity contribution in [2.24, 2.45) is 17.8 Å². The standard InChI is InChI=1S/C32H41ClN4O5/c1-4-41-31(39)20(3)42-27-9-8-24(14-25(27)33)36-10-11-37(19(2)18-36)28-7-5-6-26(34-28)30(38)35-29-22-12-21-13-23(29)17-32(40,15-21)16-22/h5-9,14,19-23,29,40H,4,10-13,15-18H2,1-3H3,(H,35,38)/t19-,20?,21?,22-,23-,29?,32?/m1/s1. The zero-order valence-corrected chi connectivity index (χ0v) is 25.3. The van der Waals surface area contributed by atoms with Crippen LogP contribution in [0.4, 0.5) is 11.5 Å². The number of pyridine rings is 1. The van der Waals surface area contributed by atoms with Crippen LogP contribution in [0.3, 0.4) is 0 Å². The van der Waals surface area contributed by atoms with Gasteiger partial charge in [0.2, 0.25) is 0 Å². The Balaban J connectivity index is 1.07. The normalized spacial score (nSPS) is 30.6. The molecule has 2 aromatic rings. The first-order valence-electron chi connectivity index (χ1n) is 15.3. The van der Waals surface area contributed by atoms with E-state index in [1.165, 1.54) is 0 Å². The second kappa shape index (κ2) is 11.6. The van der Waals surface area contributed by atoms with E-state index in [1.54, 1.807) is 26.0 Å². The smallest absolute Gasteiger partial charge is 0.347 e. The first-order valence-corrected chi connectivity index (χ1v) is 15.6. The van der Waals surface area contributed by atoms with E-state index in [-0.39, 0.29) is 18.0 Å². The number of halogens is 1. The Kier molecular flexibility index (Phi) is 8.00. The third-order valence-corrected chi connectivity index (χ3v) is 9.93. The van der Waals surface area contributed by atoms with Crippen LogP contribution in [-0.2, 0) is 9.53 Å². The Morgan fingerprint density at radius 1 is 1.17 bits per heavy atom. The highest BCUT2D eigenvalue weighted by Crippen LogP contribution is 2.55. The van der Waals surface area contributed by atoms with Gasteiger partial charge in [0.25, 0.3) is 5.91 Å². The summed E-state index contributed by atoms with van der Waals surface area (Å²) in [4.78, 5) is 34.6. The highest BCUT2D eigenvalue weighted by molar-refractivity contribution is 6.32. The van der Waals surface area contributed by atoms with Crippen LogP contribution in [0.25, 0.3) is 0 Å². The lowest BCUT2D eigenvalue weighted by molar-refractivity contribution is -0.150. The topological polar surface area (TPSA) is 104 Å². The number of esters is 1. The largest absolute Gasteiger partial charge is 0.477 e. The molecule has 0 radical (unpaired) electrons. The van der Waals surface area contributed by atoms with E-state index >= 15 is 0 Å². The SMILES string of the molecule is CCOC(=O)C(C)Oc1ccc(N2CCN(c3cccc(C(=O)NC4[C@@H]5CC6C[C@@H]4CC(O)(C6)C5)n3)[C@H](C)C2)cc1Cl. The van der Waals surface area contributed by atoms with Crippen molar-refractivity contribution >= 4 is 35.0 Å². The van der Waals surface area contributed by atoms with Crippen molar-refractivity contribution < 1.29 is 24.2 Å². The average Bonchev–Trinajstić information content (AvgIpc) is 2.95. The summed E-state index contributed by atoms with van der Waals surface area (Å²) >= 11 is 6.52. The molecule has 2 N–H and O–H groups in total. The quantitative estimate of drug-likeness (QED) is 0.431. The summed E-state index contributed by atoms with van der Waals surface area (Å²) in [5.41, 5.74) is 0.899. The number of anilines is 2. The van der Waals surface area contributed by atoms with Gasteiger partial charge in [-0.2, -0.15) is 0 Å². The number of piperazine rings is 1. The maximum Gasteiger partial charge on any atom is 0.347 e. The predicted octanol–water partition coefficient (Wildman–Crippen LogP) is 4.45. The fourth-order valence-corrected chi connectivity index (χ4v) is 8.18. The highest BCUT2D eigenvalue weighted by Gasteiger charge is 2.55. The summed E-state index contributed by atoms with van der Waals surface area (Å²) in [7, 11) is 0.